The highest BCUT2D eigenvalue weighted by atomic mass is 16.5. The molecule has 1 aromatic rings. The van der Waals surface area contributed by atoms with Crippen LogP contribution in [0.25, 0.3) is 0 Å². The molecular weight excluding hydrogens is 258 g/mol. The minimum atomic E-state index is -0.324. The maximum absolute atomic E-state index is 11.9. The first-order valence-corrected chi connectivity index (χ1v) is 6.63. The summed E-state index contributed by atoms with van der Waals surface area (Å²) in [4.78, 5) is 22.4. The molecule has 1 aromatic carbocycles. The number of ether oxygens (including phenoxy) is 1. The van der Waals surface area contributed by atoms with E-state index in [2.05, 4.69) is 5.32 Å². The van der Waals surface area contributed by atoms with E-state index in [9.17, 15) is 9.59 Å². The minimum Gasteiger partial charge on any atom is -0.492 e. The number of rotatable bonds is 8. The molecule has 0 aliphatic carbocycles. The first-order chi connectivity index (χ1) is 9.54. The van der Waals surface area contributed by atoms with Crippen LogP contribution < -0.4 is 21.5 Å². The number of unbranched alkanes of at least 4 members (excludes halogenated alkanes) is 1. The first-order valence-electron chi connectivity index (χ1n) is 6.63. The summed E-state index contributed by atoms with van der Waals surface area (Å²) >= 11 is 0. The number of nitrogens with two attached hydrogens (primary N) is 2. The quantitative estimate of drug-likeness (QED) is 0.488. The third kappa shape index (κ3) is 5.17. The van der Waals surface area contributed by atoms with Crippen LogP contribution in [-0.2, 0) is 4.79 Å². The van der Waals surface area contributed by atoms with E-state index >= 15 is 0 Å². The lowest BCUT2D eigenvalue weighted by molar-refractivity contribution is -0.118. The minimum absolute atomic E-state index is 0.196. The summed E-state index contributed by atoms with van der Waals surface area (Å²) in [7, 11) is 0. The van der Waals surface area contributed by atoms with Gasteiger partial charge in [0.1, 0.15) is 5.75 Å². The van der Waals surface area contributed by atoms with E-state index in [1.807, 2.05) is 6.92 Å². The zero-order valence-electron chi connectivity index (χ0n) is 11.6. The predicted molar refractivity (Wildman–Crippen MR) is 77.4 cm³/mol. The van der Waals surface area contributed by atoms with Gasteiger partial charge in [0.25, 0.3) is 5.91 Å². The molecule has 0 aromatic heterocycles. The standard InChI is InChI=1S/C14H21N3O3/c1-2-20-12-7-6-10(9-11(12)15)14(19)17-8-4-3-5-13(16)18/h6-7,9H,2-5,8,15H2,1H3,(H2,16,18)(H,17,19). The summed E-state index contributed by atoms with van der Waals surface area (Å²) in [6.45, 7) is 2.89. The van der Waals surface area contributed by atoms with Crippen molar-refractivity contribution in [2.24, 2.45) is 5.73 Å². The zero-order chi connectivity index (χ0) is 15.0. The number of nitrogen functional groups attached to an aromatic ring is 1. The molecule has 0 saturated carbocycles. The van der Waals surface area contributed by atoms with Gasteiger partial charge in [0.2, 0.25) is 5.91 Å². The molecule has 0 aliphatic heterocycles. The van der Waals surface area contributed by atoms with E-state index in [-0.39, 0.29) is 11.8 Å². The van der Waals surface area contributed by atoms with Gasteiger partial charge in [-0.3, -0.25) is 9.59 Å². The lowest BCUT2D eigenvalue weighted by Crippen LogP contribution is -2.24. The molecule has 0 radical (unpaired) electrons. The highest BCUT2D eigenvalue weighted by Crippen LogP contribution is 2.22. The second-order valence-electron chi connectivity index (χ2n) is 4.36. The molecule has 0 heterocycles. The summed E-state index contributed by atoms with van der Waals surface area (Å²) in [5.74, 6) is 0.0555. The van der Waals surface area contributed by atoms with Crippen molar-refractivity contribution in [1.29, 1.82) is 0 Å². The zero-order valence-corrected chi connectivity index (χ0v) is 11.6. The second kappa shape index (κ2) is 8.04. The average molecular weight is 279 g/mol. The summed E-state index contributed by atoms with van der Waals surface area (Å²) < 4.78 is 5.31. The van der Waals surface area contributed by atoms with Gasteiger partial charge < -0.3 is 21.5 Å². The van der Waals surface area contributed by atoms with E-state index in [0.29, 0.717) is 49.4 Å². The Morgan fingerprint density at radius 1 is 1.30 bits per heavy atom. The largest absolute Gasteiger partial charge is 0.492 e. The molecule has 0 atom stereocenters. The number of carbonyl (C=O) groups is 2. The SMILES string of the molecule is CCOc1ccc(C(=O)NCCCCC(N)=O)cc1N. The topological polar surface area (TPSA) is 107 Å². The van der Waals surface area contributed by atoms with Crippen LogP contribution in [-0.4, -0.2) is 25.0 Å². The Balaban J connectivity index is 2.43. The van der Waals surface area contributed by atoms with Crippen molar-refractivity contribution in [3.63, 3.8) is 0 Å². The fourth-order valence-corrected chi connectivity index (χ4v) is 1.70. The van der Waals surface area contributed by atoms with E-state index in [0.717, 1.165) is 0 Å². The van der Waals surface area contributed by atoms with E-state index in [1.54, 1.807) is 18.2 Å². The molecule has 0 fully saturated rings. The smallest absolute Gasteiger partial charge is 0.251 e. The number of anilines is 1. The molecule has 110 valence electrons. The third-order valence-corrected chi connectivity index (χ3v) is 2.71. The van der Waals surface area contributed by atoms with Crippen molar-refractivity contribution in [3.05, 3.63) is 23.8 Å². The average Bonchev–Trinajstić information content (AvgIpc) is 2.40. The Morgan fingerprint density at radius 2 is 2.05 bits per heavy atom. The Bertz CT molecular complexity index is 475. The second-order valence-corrected chi connectivity index (χ2v) is 4.36. The summed E-state index contributed by atoms with van der Waals surface area (Å²) in [6.07, 6.45) is 1.72. The van der Waals surface area contributed by atoms with E-state index in [1.165, 1.54) is 0 Å². The molecule has 6 heteroatoms. The molecule has 0 bridgehead atoms. The van der Waals surface area contributed by atoms with Crippen molar-refractivity contribution in [1.82, 2.24) is 5.32 Å². The number of carbonyl (C=O) groups excluding carboxylic acids is 2. The molecule has 0 saturated heterocycles. The fraction of sp³-hybridized carbons (Fsp3) is 0.429. The van der Waals surface area contributed by atoms with E-state index < -0.39 is 0 Å². The number of hydrogen-bond donors (Lipinski definition) is 3. The molecular formula is C14H21N3O3. The molecule has 5 N–H and O–H groups in total. The number of nitrogens with one attached hydrogen (secondary N) is 1. The Morgan fingerprint density at radius 3 is 2.65 bits per heavy atom. The molecule has 0 aliphatic rings. The van der Waals surface area contributed by atoms with Crippen LogP contribution >= 0.6 is 0 Å². The lowest BCUT2D eigenvalue weighted by Gasteiger charge is -2.09. The van der Waals surface area contributed by atoms with Gasteiger partial charge in [-0.1, -0.05) is 0 Å². The maximum Gasteiger partial charge on any atom is 0.251 e. The maximum atomic E-state index is 11.9. The van der Waals surface area contributed by atoms with Crippen LogP contribution in [0.3, 0.4) is 0 Å². The van der Waals surface area contributed by atoms with Crippen molar-refractivity contribution in [2.45, 2.75) is 26.2 Å². The first kappa shape index (κ1) is 15.8. The molecule has 6 nitrogen and oxygen atoms in total. The Hall–Kier alpha value is -2.24. The van der Waals surface area contributed by atoms with Gasteiger partial charge in [0.05, 0.1) is 12.3 Å². The molecule has 0 spiro atoms. The van der Waals surface area contributed by atoms with Crippen LogP contribution in [0.2, 0.25) is 0 Å². The van der Waals surface area contributed by atoms with Gasteiger partial charge in [0.15, 0.2) is 0 Å². The van der Waals surface area contributed by atoms with Crippen molar-refractivity contribution in [3.8, 4) is 5.75 Å². The number of benzene rings is 1. The summed E-state index contributed by atoms with van der Waals surface area (Å²) in [5, 5.41) is 2.76. The monoisotopic (exact) mass is 279 g/mol. The number of hydrogen-bond acceptors (Lipinski definition) is 4. The van der Waals surface area contributed by atoms with Crippen molar-refractivity contribution < 1.29 is 14.3 Å². The fourth-order valence-electron chi connectivity index (χ4n) is 1.70. The Kier molecular flexibility index (Phi) is 6.36. The van der Waals surface area contributed by atoms with Crippen LogP contribution in [0.5, 0.6) is 5.75 Å². The van der Waals surface area contributed by atoms with Crippen LogP contribution in [0.4, 0.5) is 5.69 Å². The van der Waals surface area contributed by atoms with Gasteiger partial charge in [-0.25, -0.2) is 0 Å². The lowest BCUT2D eigenvalue weighted by atomic mass is 10.1. The molecule has 20 heavy (non-hydrogen) atoms. The molecule has 2 amide bonds. The summed E-state index contributed by atoms with van der Waals surface area (Å²) in [5.41, 5.74) is 11.8. The van der Waals surface area contributed by atoms with Gasteiger partial charge in [0, 0.05) is 18.5 Å². The van der Waals surface area contributed by atoms with Gasteiger partial charge in [-0.05, 0) is 38.0 Å². The van der Waals surface area contributed by atoms with Crippen LogP contribution in [0.1, 0.15) is 36.5 Å². The van der Waals surface area contributed by atoms with Crippen molar-refractivity contribution in [2.75, 3.05) is 18.9 Å². The number of amides is 2. The van der Waals surface area contributed by atoms with Crippen LogP contribution in [0.15, 0.2) is 18.2 Å². The normalized spacial score (nSPS) is 10.1. The molecule has 0 unspecified atom stereocenters. The van der Waals surface area contributed by atoms with Gasteiger partial charge >= 0.3 is 0 Å². The van der Waals surface area contributed by atoms with Gasteiger partial charge in [-0.15, -0.1) is 0 Å². The Labute approximate surface area is 118 Å². The van der Waals surface area contributed by atoms with Crippen molar-refractivity contribution >= 4 is 17.5 Å². The summed E-state index contributed by atoms with van der Waals surface area (Å²) in [6, 6.07) is 4.94. The number of primary amides is 1. The van der Waals surface area contributed by atoms with Crippen LogP contribution in [0, 0.1) is 0 Å². The predicted octanol–water partition coefficient (Wildman–Crippen LogP) is 1.05. The highest BCUT2D eigenvalue weighted by molar-refractivity contribution is 5.95. The van der Waals surface area contributed by atoms with Gasteiger partial charge in [-0.2, -0.15) is 0 Å². The van der Waals surface area contributed by atoms with E-state index in [4.69, 9.17) is 16.2 Å². The third-order valence-electron chi connectivity index (χ3n) is 2.71. The molecule has 1 rings (SSSR count). The highest BCUT2D eigenvalue weighted by Gasteiger charge is 2.08.